The Morgan fingerprint density at radius 3 is 1.87 bits per heavy atom. The van der Waals surface area contributed by atoms with Gasteiger partial charge in [0, 0.05) is 26.8 Å². The van der Waals surface area contributed by atoms with Crippen molar-refractivity contribution in [2.45, 2.75) is 13.8 Å². The van der Waals surface area contributed by atoms with Gasteiger partial charge in [0.2, 0.25) is 0 Å². The zero-order valence-corrected chi connectivity index (χ0v) is 10.3. The summed E-state index contributed by atoms with van der Waals surface area (Å²) in [5.41, 5.74) is 2.52. The molecule has 0 aliphatic heterocycles. The van der Waals surface area contributed by atoms with Crippen molar-refractivity contribution in [2.24, 2.45) is 0 Å². The molecule has 0 radical (unpaired) electrons. The van der Waals surface area contributed by atoms with Crippen molar-refractivity contribution in [2.75, 3.05) is 26.0 Å². The molecular weight excluding hydrogens is 184 g/mol. The van der Waals surface area contributed by atoms with Crippen LogP contribution in [0.15, 0.2) is 41.7 Å². The van der Waals surface area contributed by atoms with Gasteiger partial charge < -0.3 is 9.80 Å². The lowest BCUT2D eigenvalue weighted by atomic mass is 10.2. The molecule has 0 atom stereocenters. The van der Waals surface area contributed by atoms with Crippen LogP contribution >= 0.6 is 0 Å². The average molecular weight is 204 g/mol. The van der Waals surface area contributed by atoms with Crippen molar-refractivity contribution < 1.29 is 0 Å². The van der Waals surface area contributed by atoms with Crippen LogP contribution in [0.2, 0.25) is 0 Å². The molecule has 2 nitrogen and oxygen atoms in total. The van der Waals surface area contributed by atoms with Gasteiger partial charge in [-0.2, -0.15) is 0 Å². The van der Waals surface area contributed by atoms with Crippen LogP contribution in [0.1, 0.15) is 13.8 Å². The van der Waals surface area contributed by atoms with Gasteiger partial charge in [-0.25, -0.2) is 0 Å². The van der Waals surface area contributed by atoms with E-state index in [9.17, 15) is 0 Å². The van der Waals surface area contributed by atoms with E-state index in [4.69, 9.17) is 0 Å². The SMILES string of the molecule is CC(C)=C(N(C)C)N(C)c1ccccc1. The number of nitrogens with zero attached hydrogens (tertiary/aromatic N) is 2. The van der Waals surface area contributed by atoms with Gasteiger partial charge in [-0.1, -0.05) is 18.2 Å². The Labute approximate surface area is 92.8 Å². The van der Waals surface area contributed by atoms with Crippen molar-refractivity contribution in [1.29, 1.82) is 0 Å². The van der Waals surface area contributed by atoms with Gasteiger partial charge in [0.1, 0.15) is 5.82 Å². The molecule has 2 heteroatoms. The van der Waals surface area contributed by atoms with Gasteiger partial charge in [-0.05, 0) is 31.6 Å². The molecule has 1 rings (SSSR count). The first kappa shape index (κ1) is 11.6. The molecule has 0 amide bonds. The van der Waals surface area contributed by atoms with E-state index in [0.717, 1.165) is 0 Å². The molecule has 0 fully saturated rings. The zero-order chi connectivity index (χ0) is 11.4. The Hall–Kier alpha value is -1.44. The first-order chi connectivity index (χ1) is 7.04. The summed E-state index contributed by atoms with van der Waals surface area (Å²) in [6.07, 6.45) is 0. The maximum atomic E-state index is 2.20. The highest BCUT2D eigenvalue weighted by Crippen LogP contribution is 2.19. The highest BCUT2D eigenvalue weighted by Gasteiger charge is 2.09. The topological polar surface area (TPSA) is 6.48 Å². The molecular formula is C13H20N2. The van der Waals surface area contributed by atoms with Gasteiger partial charge in [-0.15, -0.1) is 0 Å². The third-order valence-electron chi connectivity index (χ3n) is 2.33. The van der Waals surface area contributed by atoms with Crippen molar-refractivity contribution in [3.05, 3.63) is 41.7 Å². The lowest BCUT2D eigenvalue weighted by Gasteiger charge is -2.29. The van der Waals surface area contributed by atoms with Gasteiger partial charge in [0.05, 0.1) is 0 Å². The first-order valence-corrected chi connectivity index (χ1v) is 5.17. The van der Waals surface area contributed by atoms with Crippen LogP contribution < -0.4 is 4.90 Å². The van der Waals surface area contributed by atoms with Crippen LogP contribution in [0.4, 0.5) is 5.69 Å². The summed E-state index contributed by atoms with van der Waals surface area (Å²) in [5, 5.41) is 0. The van der Waals surface area contributed by atoms with E-state index >= 15 is 0 Å². The third kappa shape index (κ3) is 2.75. The molecule has 0 unspecified atom stereocenters. The number of hydrogen-bond acceptors (Lipinski definition) is 2. The number of rotatable bonds is 3. The maximum absolute atomic E-state index is 2.20. The number of para-hydroxylation sites is 1. The minimum atomic E-state index is 1.21. The Morgan fingerprint density at radius 2 is 1.47 bits per heavy atom. The molecule has 1 aromatic carbocycles. The Kier molecular flexibility index (Phi) is 3.78. The predicted octanol–water partition coefficient (Wildman–Crippen LogP) is 2.94. The standard InChI is InChI=1S/C13H20N2/c1-11(2)13(14(3)4)15(5)12-9-7-6-8-10-12/h6-10H,1-5H3. The second-order valence-corrected chi connectivity index (χ2v) is 4.11. The second kappa shape index (κ2) is 4.87. The molecule has 0 saturated carbocycles. The highest BCUT2D eigenvalue weighted by molar-refractivity contribution is 5.51. The zero-order valence-electron chi connectivity index (χ0n) is 10.3. The average Bonchev–Trinajstić information content (AvgIpc) is 2.18. The lowest BCUT2D eigenvalue weighted by molar-refractivity contribution is 0.489. The summed E-state index contributed by atoms with van der Waals surface area (Å²) in [4.78, 5) is 4.34. The number of benzene rings is 1. The highest BCUT2D eigenvalue weighted by atomic mass is 15.3. The summed E-state index contributed by atoms with van der Waals surface area (Å²) in [6, 6.07) is 10.4. The summed E-state index contributed by atoms with van der Waals surface area (Å²) in [5.74, 6) is 1.24. The fraction of sp³-hybridized carbons (Fsp3) is 0.385. The molecule has 0 aliphatic rings. The molecule has 0 N–H and O–H groups in total. The molecule has 0 aliphatic carbocycles. The van der Waals surface area contributed by atoms with E-state index in [1.165, 1.54) is 17.1 Å². The third-order valence-corrected chi connectivity index (χ3v) is 2.33. The first-order valence-electron chi connectivity index (χ1n) is 5.17. The summed E-state index contributed by atoms with van der Waals surface area (Å²) in [7, 11) is 6.24. The van der Waals surface area contributed by atoms with E-state index in [-0.39, 0.29) is 0 Å². The number of hydrogen-bond donors (Lipinski definition) is 0. The van der Waals surface area contributed by atoms with E-state index in [1.807, 2.05) is 6.07 Å². The molecule has 82 valence electrons. The number of allylic oxidation sites excluding steroid dienone is 1. The maximum Gasteiger partial charge on any atom is 0.106 e. The molecule has 0 aromatic heterocycles. The Balaban J connectivity index is 3.03. The molecule has 1 aromatic rings. The van der Waals surface area contributed by atoms with E-state index < -0.39 is 0 Å². The minimum absolute atomic E-state index is 1.21. The van der Waals surface area contributed by atoms with Crippen LogP contribution in [0.5, 0.6) is 0 Å². The predicted molar refractivity (Wildman–Crippen MR) is 66.9 cm³/mol. The summed E-state index contributed by atoms with van der Waals surface area (Å²) in [6.45, 7) is 4.27. The molecule has 0 bridgehead atoms. The Morgan fingerprint density at radius 1 is 0.933 bits per heavy atom. The van der Waals surface area contributed by atoms with Crippen LogP contribution in [-0.4, -0.2) is 26.0 Å². The van der Waals surface area contributed by atoms with E-state index in [1.54, 1.807) is 0 Å². The van der Waals surface area contributed by atoms with Crippen molar-refractivity contribution in [1.82, 2.24) is 4.90 Å². The van der Waals surface area contributed by atoms with Crippen LogP contribution in [0.25, 0.3) is 0 Å². The smallest absolute Gasteiger partial charge is 0.106 e. The van der Waals surface area contributed by atoms with E-state index in [0.29, 0.717) is 0 Å². The van der Waals surface area contributed by atoms with Crippen LogP contribution in [-0.2, 0) is 0 Å². The van der Waals surface area contributed by atoms with Gasteiger partial charge in [0.15, 0.2) is 0 Å². The molecule has 0 saturated heterocycles. The number of anilines is 1. The normalized spacial score (nSPS) is 9.67. The van der Waals surface area contributed by atoms with Crippen molar-refractivity contribution in [3.8, 4) is 0 Å². The molecule has 0 spiro atoms. The fourth-order valence-electron chi connectivity index (χ4n) is 1.86. The quantitative estimate of drug-likeness (QED) is 0.747. The second-order valence-electron chi connectivity index (χ2n) is 4.11. The van der Waals surface area contributed by atoms with Gasteiger partial charge >= 0.3 is 0 Å². The lowest BCUT2D eigenvalue weighted by Crippen LogP contribution is -2.28. The van der Waals surface area contributed by atoms with Gasteiger partial charge in [0.25, 0.3) is 0 Å². The van der Waals surface area contributed by atoms with Crippen LogP contribution in [0.3, 0.4) is 0 Å². The summed E-state index contributed by atoms with van der Waals surface area (Å²) < 4.78 is 0. The van der Waals surface area contributed by atoms with Gasteiger partial charge in [-0.3, -0.25) is 0 Å². The molecule has 0 heterocycles. The summed E-state index contributed by atoms with van der Waals surface area (Å²) >= 11 is 0. The fourth-order valence-corrected chi connectivity index (χ4v) is 1.86. The largest absolute Gasteiger partial charge is 0.364 e. The van der Waals surface area contributed by atoms with E-state index in [2.05, 4.69) is 69.1 Å². The van der Waals surface area contributed by atoms with Crippen LogP contribution in [0, 0.1) is 0 Å². The minimum Gasteiger partial charge on any atom is -0.364 e. The van der Waals surface area contributed by atoms with Crippen molar-refractivity contribution in [3.63, 3.8) is 0 Å². The van der Waals surface area contributed by atoms with Crippen molar-refractivity contribution >= 4 is 5.69 Å². The molecule has 15 heavy (non-hydrogen) atoms. The Bertz CT molecular complexity index is 335. The monoisotopic (exact) mass is 204 g/mol.